The minimum absolute atomic E-state index is 0.507. The Kier molecular flexibility index (Phi) is 5.37. The van der Waals surface area contributed by atoms with Gasteiger partial charge >= 0.3 is 110 Å². The van der Waals surface area contributed by atoms with Crippen LogP contribution in [0.5, 0.6) is 5.75 Å². The minimum atomic E-state index is -4.28. The van der Waals surface area contributed by atoms with Gasteiger partial charge < -0.3 is 0 Å². The maximum absolute atomic E-state index is 12.3. The average Bonchev–Trinajstić information content (AvgIpc) is 2.22. The molecule has 0 saturated heterocycles. The zero-order valence-corrected chi connectivity index (χ0v) is 13.8. The summed E-state index contributed by atoms with van der Waals surface area (Å²) in [5.41, 5.74) is -0.638. The second-order valence-corrected chi connectivity index (χ2v) is 21.6. The molecule has 0 aliphatic carbocycles. The molecule has 0 radical (unpaired) electrons. The van der Waals surface area contributed by atoms with Crippen LogP contribution in [0.15, 0.2) is 24.3 Å². The molecule has 1 aromatic rings. The zero-order chi connectivity index (χ0) is 13.8. The Balaban J connectivity index is 2.41. The first kappa shape index (κ1) is 15.7. The zero-order valence-electron chi connectivity index (χ0n) is 11.0. The van der Waals surface area contributed by atoms with Crippen molar-refractivity contribution in [3.05, 3.63) is 29.8 Å². The van der Waals surface area contributed by atoms with Crippen molar-refractivity contribution in [1.29, 1.82) is 0 Å². The van der Waals surface area contributed by atoms with Gasteiger partial charge in [0.25, 0.3) is 0 Å². The third-order valence-corrected chi connectivity index (χ3v) is 7.81. The number of alkyl halides is 3. The van der Waals surface area contributed by atoms with Crippen LogP contribution in [0.4, 0.5) is 13.2 Å². The molecule has 0 amide bonds. The average molecular weight is 367 g/mol. The van der Waals surface area contributed by atoms with Gasteiger partial charge in [-0.05, 0) is 0 Å². The van der Waals surface area contributed by atoms with E-state index in [4.69, 9.17) is 4.74 Å². The van der Waals surface area contributed by atoms with Gasteiger partial charge in [-0.25, -0.2) is 0 Å². The van der Waals surface area contributed by atoms with E-state index in [2.05, 4.69) is 14.8 Å². The van der Waals surface area contributed by atoms with Crippen LogP contribution in [0.2, 0.25) is 19.3 Å². The van der Waals surface area contributed by atoms with Crippen LogP contribution in [0, 0.1) is 0 Å². The molecule has 0 fully saturated rings. The van der Waals surface area contributed by atoms with Gasteiger partial charge in [0.05, 0.1) is 0 Å². The molecule has 0 heterocycles. The standard InChI is InChI=1S/C10H10F3O.3CH3.Sn/c1-2-7-14-9-5-3-8(4-6-9)10(11,12)13;;;;/h3-6H,1-2,7H2;3*1H3;. The fourth-order valence-electron chi connectivity index (χ4n) is 1.53. The van der Waals surface area contributed by atoms with Crippen LogP contribution in [0.25, 0.3) is 0 Å². The van der Waals surface area contributed by atoms with E-state index >= 15 is 0 Å². The van der Waals surface area contributed by atoms with Gasteiger partial charge in [-0.15, -0.1) is 0 Å². The first-order valence-electron chi connectivity index (χ1n) is 5.98. The van der Waals surface area contributed by atoms with Gasteiger partial charge in [-0.1, -0.05) is 0 Å². The van der Waals surface area contributed by atoms with E-state index in [1.54, 1.807) is 0 Å². The van der Waals surface area contributed by atoms with E-state index in [1.807, 2.05) is 0 Å². The molecule has 1 rings (SSSR count). The molecule has 0 saturated carbocycles. The van der Waals surface area contributed by atoms with Gasteiger partial charge in [0.1, 0.15) is 0 Å². The number of ether oxygens (including phenoxy) is 1. The van der Waals surface area contributed by atoms with Crippen LogP contribution in [0.1, 0.15) is 12.0 Å². The van der Waals surface area contributed by atoms with Gasteiger partial charge in [0.2, 0.25) is 0 Å². The molecule has 0 spiro atoms. The first-order chi connectivity index (χ1) is 8.18. The van der Waals surface area contributed by atoms with Crippen molar-refractivity contribution < 1.29 is 17.9 Å². The molecule has 18 heavy (non-hydrogen) atoms. The molecule has 0 aliphatic rings. The molecule has 0 atom stereocenters. The van der Waals surface area contributed by atoms with E-state index < -0.39 is 30.1 Å². The van der Waals surface area contributed by atoms with E-state index in [-0.39, 0.29) is 0 Å². The normalized spacial score (nSPS) is 12.6. The van der Waals surface area contributed by atoms with Crippen molar-refractivity contribution in [2.24, 2.45) is 0 Å². The van der Waals surface area contributed by atoms with Gasteiger partial charge in [-0.3, -0.25) is 0 Å². The van der Waals surface area contributed by atoms with Crippen LogP contribution in [-0.2, 0) is 6.18 Å². The Bertz CT molecular complexity index is 365. The molecule has 5 heteroatoms. The van der Waals surface area contributed by atoms with Crippen molar-refractivity contribution in [3.63, 3.8) is 0 Å². The van der Waals surface area contributed by atoms with Gasteiger partial charge in [0.15, 0.2) is 0 Å². The number of rotatable bonds is 5. The Hall–Kier alpha value is -0.391. The molecule has 1 nitrogen and oxygen atoms in total. The van der Waals surface area contributed by atoms with E-state index in [9.17, 15) is 13.2 Å². The van der Waals surface area contributed by atoms with Crippen molar-refractivity contribution in [2.75, 3.05) is 6.61 Å². The summed E-state index contributed by atoms with van der Waals surface area (Å²) in [6, 6.07) is 4.86. The Morgan fingerprint density at radius 1 is 1.06 bits per heavy atom. The number of hydrogen-bond acceptors (Lipinski definition) is 1. The van der Waals surface area contributed by atoms with Gasteiger partial charge in [-0.2, -0.15) is 0 Å². The summed E-state index contributed by atoms with van der Waals surface area (Å²) in [6.07, 6.45) is -3.29. The molecule has 0 aliphatic heterocycles. The molecule has 1 aromatic carbocycles. The topological polar surface area (TPSA) is 9.23 Å². The van der Waals surface area contributed by atoms with Crippen LogP contribution in [-0.4, -0.2) is 25.0 Å². The van der Waals surface area contributed by atoms with Crippen molar-refractivity contribution in [2.45, 2.75) is 31.9 Å². The quantitative estimate of drug-likeness (QED) is 0.536. The second-order valence-electron chi connectivity index (χ2n) is 5.53. The fraction of sp³-hybridized carbons (Fsp3) is 0.538. The fourth-order valence-corrected chi connectivity index (χ4v) is 4.97. The van der Waals surface area contributed by atoms with Crippen molar-refractivity contribution in [1.82, 2.24) is 0 Å². The van der Waals surface area contributed by atoms with Crippen LogP contribution in [0.3, 0.4) is 0 Å². The van der Waals surface area contributed by atoms with E-state index in [0.29, 0.717) is 12.4 Å². The summed E-state index contributed by atoms with van der Waals surface area (Å²) in [4.78, 5) is 7.06. The Morgan fingerprint density at radius 3 is 2.06 bits per heavy atom. The van der Waals surface area contributed by atoms with Crippen LogP contribution >= 0.6 is 0 Å². The monoisotopic (exact) mass is 368 g/mol. The Labute approximate surface area is 110 Å². The third kappa shape index (κ3) is 5.98. The molecular formula is C13H19F3OSn. The van der Waals surface area contributed by atoms with Crippen molar-refractivity contribution in [3.8, 4) is 5.75 Å². The summed E-state index contributed by atoms with van der Waals surface area (Å²) in [7, 11) is 0. The van der Waals surface area contributed by atoms with Crippen molar-refractivity contribution >= 4 is 18.4 Å². The number of hydrogen-bond donors (Lipinski definition) is 0. The number of benzene rings is 1. The summed E-state index contributed by atoms with van der Waals surface area (Å²) < 4.78 is 43.6. The molecule has 102 valence electrons. The Morgan fingerprint density at radius 2 is 1.61 bits per heavy atom. The second kappa shape index (κ2) is 6.17. The summed E-state index contributed by atoms with van der Waals surface area (Å²) >= 11 is -1.73. The molecule has 0 N–H and O–H groups in total. The summed E-state index contributed by atoms with van der Waals surface area (Å²) in [5.74, 6) is 0.507. The molecule has 0 bridgehead atoms. The predicted molar refractivity (Wildman–Crippen MR) is 69.7 cm³/mol. The molecular weight excluding hydrogens is 348 g/mol. The summed E-state index contributed by atoms with van der Waals surface area (Å²) in [5, 5.41) is 0. The first-order valence-corrected chi connectivity index (χ1v) is 16.6. The molecule has 0 aromatic heterocycles. The maximum atomic E-state index is 12.3. The SMILES string of the molecule is [CH3][Sn]([CH3])([CH3])[CH2]CCOc1ccc(C(F)(F)F)cc1. The van der Waals surface area contributed by atoms with E-state index in [1.165, 1.54) is 16.6 Å². The van der Waals surface area contributed by atoms with Gasteiger partial charge in [0, 0.05) is 0 Å². The van der Waals surface area contributed by atoms with Crippen LogP contribution < -0.4 is 4.74 Å². The number of halogens is 3. The predicted octanol–water partition coefficient (Wildman–Crippen LogP) is 4.81. The van der Waals surface area contributed by atoms with E-state index in [0.717, 1.165) is 18.6 Å². The summed E-state index contributed by atoms with van der Waals surface area (Å²) in [6.45, 7) is 0.583. The third-order valence-electron chi connectivity index (χ3n) is 2.52. The molecule has 0 unspecified atom stereocenters.